The molecule has 4 heterocycles. The number of hydrogen-bond donors (Lipinski definition) is 0. The fourth-order valence-corrected chi connectivity index (χ4v) is 8.07. The number of nitrogens with zero attached hydrogens (tertiary/aromatic N) is 3. The minimum Gasteiger partial charge on any atom is -0.492 e. The number of methoxy groups -OCH3 is 3. The summed E-state index contributed by atoms with van der Waals surface area (Å²) in [4.78, 5) is 22.8. The molecule has 0 amide bonds. The van der Waals surface area contributed by atoms with Gasteiger partial charge in [0, 0.05) is 36.1 Å². The maximum atomic E-state index is 13.8. The van der Waals surface area contributed by atoms with E-state index < -0.39 is 35.2 Å². The molecular formula is C40H31ClF9I2N3O6. The van der Waals surface area contributed by atoms with Gasteiger partial charge >= 0.3 is 24.5 Å². The highest BCUT2D eigenvalue weighted by Crippen LogP contribution is 2.47. The Bertz CT molecular complexity index is 2370. The molecule has 1 aliphatic heterocycles. The second kappa shape index (κ2) is 19.8. The fourth-order valence-electron chi connectivity index (χ4n) is 6.44. The molecule has 0 spiro atoms. The van der Waals surface area contributed by atoms with E-state index in [1.165, 1.54) is 43.9 Å². The summed E-state index contributed by atoms with van der Waals surface area (Å²) in [5, 5.41) is -0.120. The van der Waals surface area contributed by atoms with Crippen molar-refractivity contribution in [2.45, 2.75) is 49.8 Å². The van der Waals surface area contributed by atoms with Crippen LogP contribution in [0.1, 0.15) is 58.2 Å². The Morgan fingerprint density at radius 1 is 0.770 bits per heavy atom. The minimum absolute atomic E-state index is 0.00424. The molecule has 0 radical (unpaired) electrons. The van der Waals surface area contributed by atoms with Crippen molar-refractivity contribution >= 4 is 62.8 Å². The van der Waals surface area contributed by atoms with Crippen molar-refractivity contribution in [3.8, 4) is 34.4 Å². The maximum Gasteiger partial charge on any atom is 0.417 e. The van der Waals surface area contributed by atoms with Crippen LogP contribution in [-0.4, -0.2) is 48.9 Å². The van der Waals surface area contributed by atoms with E-state index in [0.29, 0.717) is 36.5 Å². The Balaban J connectivity index is 0.000000229. The van der Waals surface area contributed by atoms with E-state index in [1.54, 1.807) is 40.8 Å². The van der Waals surface area contributed by atoms with Crippen molar-refractivity contribution in [2.24, 2.45) is 0 Å². The lowest BCUT2D eigenvalue weighted by atomic mass is 9.94. The molecule has 326 valence electrons. The summed E-state index contributed by atoms with van der Waals surface area (Å²) >= 11 is 8.48. The third-order valence-electron chi connectivity index (χ3n) is 9.19. The van der Waals surface area contributed by atoms with Crippen LogP contribution < -0.4 is 18.9 Å². The van der Waals surface area contributed by atoms with Gasteiger partial charge in [0.2, 0.25) is 11.8 Å². The smallest absolute Gasteiger partial charge is 0.417 e. The van der Waals surface area contributed by atoms with E-state index >= 15 is 0 Å². The first-order valence-electron chi connectivity index (χ1n) is 17.5. The van der Waals surface area contributed by atoms with Crippen LogP contribution in [0.5, 0.6) is 23.3 Å². The topological polar surface area (TPSA) is 102 Å². The van der Waals surface area contributed by atoms with Gasteiger partial charge < -0.3 is 23.7 Å². The number of carbonyl (C=O) groups is 1. The van der Waals surface area contributed by atoms with Crippen LogP contribution >= 0.6 is 56.8 Å². The van der Waals surface area contributed by atoms with Crippen molar-refractivity contribution in [1.29, 1.82) is 0 Å². The number of halogens is 12. The van der Waals surface area contributed by atoms with Crippen LogP contribution in [0.25, 0.3) is 11.1 Å². The first-order chi connectivity index (χ1) is 28.7. The molecule has 0 saturated carbocycles. The van der Waals surface area contributed by atoms with Gasteiger partial charge in [0.25, 0.3) is 0 Å². The summed E-state index contributed by atoms with van der Waals surface area (Å²) in [5.41, 5.74) is 0.662. The number of ether oxygens (including phenoxy) is 5. The molecule has 0 unspecified atom stereocenters. The molecule has 21 heteroatoms. The van der Waals surface area contributed by atoms with Crippen LogP contribution in [0.15, 0.2) is 73.2 Å². The van der Waals surface area contributed by atoms with Crippen molar-refractivity contribution in [2.75, 3.05) is 27.9 Å². The highest BCUT2D eigenvalue weighted by Gasteiger charge is 2.38. The Morgan fingerprint density at radius 2 is 1.36 bits per heavy atom. The van der Waals surface area contributed by atoms with Gasteiger partial charge in [-0.3, -0.25) is 4.79 Å². The number of fused-ring (bicyclic) bond motifs is 2. The average molecular weight is 1110 g/mol. The second-order valence-corrected chi connectivity index (χ2v) is 15.4. The van der Waals surface area contributed by atoms with E-state index in [0.717, 1.165) is 53.5 Å². The quantitative estimate of drug-likeness (QED) is 0.0682. The highest BCUT2D eigenvalue weighted by atomic mass is 127. The first-order valence-corrected chi connectivity index (χ1v) is 20.1. The highest BCUT2D eigenvalue weighted by molar-refractivity contribution is 14.1. The summed E-state index contributed by atoms with van der Waals surface area (Å²) in [7, 11) is 3.95. The molecule has 0 bridgehead atoms. The summed E-state index contributed by atoms with van der Waals surface area (Å²) in [6, 6.07) is 13.6. The molecule has 7 rings (SSSR count). The van der Waals surface area contributed by atoms with Gasteiger partial charge in [-0.1, -0.05) is 35.9 Å². The normalized spacial score (nSPS) is 15.5. The number of rotatable bonds is 7. The number of aromatic nitrogens is 3. The van der Waals surface area contributed by atoms with Crippen molar-refractivity contribution in [3.63, 3.8) is 0 Å². The van der Waals surface area contributed by atoms with Crippen LogP contribution in [0.4, 0.5) is 39.5 Å². The molecule has 61 heavy (non-hydrogen) atoms. The van der Waals surface area contributed by atoms with E-state index in [-0.39, 0.29) is 54.0 Å². The second-order valence-electron chi connectivity index (χ2n) is 12.9. The van der Waals surface area contributed by atoms with Gasteiger partial charge in [-0.25, -0.2) is 15.0 Å². The third kappa shape index (κ3) is 11.4. The van der Waals surface area contributed by atoms with Gasteiger partial charge in [0.05, 0.1) is 63.8 Å². The van der Waals surface area contributed by atoms with E-state index in [2.05, 4.69) is 19.7 Å². The van der Waals surface area contributed by atoms with Crippen molar-refractivity contribution in [1.82, 2.24) is 15.0 Å². The molecular weight excluding hydrogens is 1080 g/mol. The van der Waals surface area contributed by atoms with Gasteiger partial charge in [-0.05, 0) is 99.0 Å². The Hall–Kier alpha value is -4.32. The van der Waals surface area contributed by atoms with E-state index in [9.17, 15) is 44.3 Å². The summed E-state index contributed by atoms with van der Waals surface area (Å²) in [5.74, 6) is 0.798. The lowest BCUT2D eigenvalue weighted by Crippen LogP contribution is -2.10. The number of benzene rings is 2. The zero-order chi connectivity index (χ0) is 44.9. The van der Waals surface area contributed by atoms with Gasteiger partial charge in [0.15, 0.2) is 0 Å². The van der Waals surface area contributed by atoms with Crippen LogP contribution in [-0.2, 0) is 34.5 Å². The van der Waals surface area contributed by atoms with Crippen LogP contribution in [0.3, 0.4) is 0 Å². The molecule has 3 aromatic heterocycles. The SMILES string of the molecule is COC(=O)C[C@@H]1COc2cc(O[C@@H]3CCc4c(-c5c(C(F)(F)F)ccnc5OC)cccc43)ccc21.COc1nccc(C(F)(F)F)c1I.FC(F)(F)c1ccnc(Cl)c1I. The molecule has 2 aromatic carbocycles. The number of hydrogen-bond acceptors (Lipinski definition) is 9. The van der Waals surface area contributed by atoms with Gasteiger partial charge in [-0.2, -0.15) is 39.5 Å². The molecule has 0 saturated heterocycles. The number of alkyl halides is 9. The average Bonchev–Trinajstić information content (AvgIpc) is 3.81. The molecule has 2 atom stereocenters. The molecule has 0 fully saturated rings. The third-order valence-corrected chi connectivity index (χ3v) is 11.9. The van der Waals surface area contributed by atoms with Crippen LogP contribution in [0, 0.1) is 7.14 Å². The zero-order valence-electron chi connectivity index (χ0n) is 31.7. The summed E-state index contributed by atoms with van der Waals surface area (Å²) in [6.07, 6.45) is -8.99. The van der Waals surface area contributed by atoms with E-state index in [1.807, 2.05) is 18.2 Å². The predicted octanol–water partition coefficient (Wildman–Crippen LogP) is 12.0. The molecule has 0 N–H and O–H groups in total. The molecule has 5 aromatic rings. The van der Waals surface area contributed by atoms with Crippen molar-refractivity contribution in [3.05, 3.63) is 119 Å². The monoisotopic (exact) mass is 1110 g/mol. The largest absolute Gasteiger partial charge is 0.492 e. The minimum atomic E-state index is -4.56. The van der Waals surface area contributed by atoms with Gasteiger partial charge in [0.1, 0.15) is 22.8 Å². The molecule has 9 nitrogen and oxygen atoms in total. The number of esters is 1. The zero-order valence-corrected chi connectivity index (χ0v) is 36.8. The predicted molar refractivity (Wildman–Crippen MR) is 220 cm³/mol. The lowest BCUT2D eigenvalue weighted by molar-refractivity contribution is -0.141. The number of carbonyl (C=O) groups excluding carboxylic acids is 1. The van der Waals surface area contributed by atoms with Crippen molar-refractivity contribution < 1.29 is 68.0 Å². The Kier molecular flexibility index (Phi) is 15.5. The summed E-state index contributed by atoms with van der Waals surface area (Å²) in [6.45, 7) is 0.387. The maximum absolute atomic E-state index is 13.8. The lowest BCUT2D eigenvalue weighted by Gasteiger charge is -2.19. The number of pyridine rings is 3. The molecule has 1 aliphatic carbocycles. The Morgan fingerprint density at radius 3 is 1.95 bits per heavy atom. The Labute approximate surface area is 374 Å². The standard InChI is InChI=1S/C27H24F3NO5.C7H5F3INO.C6H2ClF3IN/c1-33-24(32)12-15-14-35-23-13-16(6-7-17(15)23)36-22-9-8-18-19(22)4-3-5-20(18)25-21(27(28,29)30)10-11-31-26(25)34-2;1-13-6-5(11)4(2-3-12-6)7(8,9)10;7-5-4(11)3(1-2-12-5)6(8,9)10/h3-7,10-11,13,15,22H,8-9,12,14H2,1-2H3;2-3H,1H3;1-2H/t15-,22-;;/m1../s1. The molecule has 2 aliphatic rings. The summed E-state index contributed by atoms with van der Waals surface area (Å²) < 4.78 is 141. The van der Waals surface area contributed by atoms with Gasteiger partial charge in [-0.15, -0.1) is 0 Å². The van der Waals surface area contributed by atoms with E-state index in [4.69, 9.17) is 30.5 Å². The first kappa shape index (κ1) is 47.7. The fraction of sp³-hybridized carbons (Fsp3) is 0.300. The van der Waals surface area contributed by atoms with Crippen LogP contribution in [0.2, 0.25) is 5.15 Å².